The standard InChI is InChI=1S/C26H16N4O5/c27-14-17-1-6-21(7-2-17)35-22-10-8-20(9-11-22)34-16-26(31)23(15-28)24-12-4-18-3-5-19(30(32)33)13-25(18)29-24/h1-13,23H,16H2. The number of benzene rings is 3. The third-order valence-electron chi connectivity index (χ3n) is 5.08. The van der Waals surface area contributed by atoms with Gasteiger partial charge in [-0.1, -0.05) is 6.07 Å². The molecule has 3 aromatic carbocycles. The van der Waals surface area contributed by atoms with Gasteiger partial charge >= 0.3 is 0 Å². The summed E-state index contributed by atoms with van der Waals surface area (Å²) in [4.78, 5) is 27.5. The second kappa shape index (κ2) is 10.1. The first kappa shape index (κ1) is 22.9. The molecule has 1 aromatic heterocycles. The van der Waals surface area contributed by atoms with E-state index < -0.39 is 16.6 Å². The number of nitriles is 2. The van der Waals surface area contributed by atoms with E-state index >= 15 is 0 Å². The molecule has 0 aliphatic heterocycles. The van der Waals surface area contributed by atoms with Crippen LogP contribution in [-0.2, 0) is 4.79 Å². The zero-order chi connectivity index (χ0) is 24.8. The fourth-order valence-electron chi connectivity index (χ4n) is 3.27. The van der Waals surface area contributed by atoms with Gasteiger partial charge in [0.15, 0.2) is 11.7 Å². The number of carbonyl (C=O) groups excluding carboxylic acids is 1. The van der Waals surface area contributed by atoms with Crippen LogP contribution in [-0.4, -0.2) is 22.3 Å². The van der Waals surface area contributed by atoms with Gasteiger partial charge in [0.05, 0.1) is 33.8 Å². The summed E-state index contributed by atoms with van der Waals surface area (Å²) in [5.41, 5.74) is 0.919. The summed E-state index contributed by atoms with van der Waals surface area (Å²) in [6.07, 6.45) is 0. The minimum Gasteiger partial charge on any atom is -0.486 e. The molecule has 1 unspecified atom stereocenters. The summed E-state index contributed by atoms with van der Waals surface area (Å²) in [6, 6.07) is 24.7. The van der Waals surface area contributed by atoms with Crippen LogP contribution in [0.5, 0.6) is 17.2 Å². The number of rotatable bonds is 8. The van der Waals surface area contributed by atoms with Crippen molar-refractivity contribution in [3.63, 3.8) is 0 Å². The number of ketones is 1. The molecule has 0 aliphatic rings. The molecule has 0 saturated heterocycles. The highest BCUT2D eigenvalue weighted by atomic mass is 16.6. The van der Waals surface area contributed by atoms with Crippen molar-refractivity contribution < 1.29 is 19.2 Å². The summed E-state index contributed by atoms with van der Waals surface area (Å²) in [6.45, 7) is -0.358. The normalized spacial score (nSPS) is 11.1. The Morgan fingerprint density at radius 3 is 2.20 bits per heavy atom. The number of nitrogens with zero attached hydrogens (tertiary/aromatic N) is 4. The summed E-state index contributed by atoms with van der Waals surface area (Å²) in [7, 11) is 0. The third-order valence-corrected chi connectivity index (χ3v) is 5.08. The molecule has 1 atom stereocenters. The minimum atomic E-state index is -1.18. The average Bonchev–Trinajstić information content (AvgIpc) is 2.88. The third kappa shape index (κ3) is 5.38. The quantitative estimate of drug-likeness (QED) is 0.260. The Kier molecular flexibility index (Phi) is 6.61. The van der Waals surface area contributed by atoms with Gasteiger partial charge in [0, 0.05) is 17.5 Å². The van der Waals surface area contributed by atoms with Crippen molar-refractivity contribution >= 4 is 22.4 Å². The Bertz CT molecular complexity index is 1490. The maximum Gasteiger partial charge on any atom is 0.271 e. The molecule has 0 spiro atoms. The number of non-ortho nitro benzene ring substituents is 1. The number of ether oxygens (including phenoxy) is 2. The van der Waals surface area contributed by atoms with Crippen LogP contribution in [0.4, 0.5) is 5.69 Å². The van der Waals surface area contributed by atoms with E-state index in [-0.39, 0.29) is 18.0 Å². The number of pyridine rings is 1. The second-order valence-corrected chi connectivity index (χ2v) is 7.40. The number of nitro benzene ring substituents is 1. The van der Waals surface area contributed by atoms with E-state index in [9.17, 15) is 20.2 Å². The van der Waals surface area contributed by atoms with Crippen LogP contribution in [0, 0.1) is 32.8 Å². The van der Waals surface area contributed by atoms with Gasteiger partial charge in [0.2, 0.25) is 0 Å². The number of nitro groups is 1. The Morgan fingerprint density at radius 2 is 1.57 bits per heavy atom. The molecule has 170 valence electrons. The lowest BCUT2D eigenvalue weighted by atomic mass is 10.0. The molecular formula is C26H16N4O5. The number of hydrogen-bond acceptors (Lipinski definition) is 8. The molecule has 0 radical (unpaired) electrons. The van der Waals surface area contributed by atoms with Gasteiger partial charge < -0.3 is 9.47 Å². The number of Topliss-reactive ketones (excluding diaryl/α,β-unsaturated/α-hetero) is 1. The smallest absolute Gasteiger partial charge is 0.271 e. The number of aromatic nitrogens is 1. The molecule has 9 heteroatoms. The van der Waals surface area contributed by atoms with E-state index in [1.54, 1.807) is 66.7 Å². The van der Waals surface area contributed by atoms with Crippen molar-refractivity contribution in [2.24, 2.45) is 0 Å². The highest BCUT2D eigenvalue weighted by Gasteiger charge is 2.23. The first-order valence-corrected chi connectivity index (χ1v) is 10.3. The van der Waals surface area contributed by atoms with Crippen LogP contribution >= 0.6 is 0 Å². The molecule has 1 heterocycles. The van der Waals surface area contributed by atoms with Crippen LogP contribution in [0.15, 0.2) is 78.9 Å². The van der Waals surface area contributed by atoms with Crippen molar-refractivity contribution in [3.8, 4) is 29.4 Å². The number of hydrogen-bond donors (Lipinski definition) is 0. The molecule has 0 bridgehead atoms. The van der Waals surface area contributed by atoms with Crippen molar-refractivity contribution in [2.75, 3.05) is 6.61 Å². The van der Waals surface area contributed by atoms with Crippen LogP contribution in [0.3, 0.4) is 0 Å². The largest absolute Gasteiger partial charge is 0.486 e. The van der Waals surface area contributed by atoms with Gasteiger partial charge in [0.1, 0.15) is 23.9 Å². The molecule has 35 heavy (non-hydrogen) atoms. The fraction of sp³-hybridized carbons (Fsp3) is 0.0769. The van der Waals surface area contributed by atoms with Gasteiger partial charge in [-0.25, -0.2) is 0 Å². The van der Waals surface area contributed by atoms with Crippen molar-refractivity contribution in [1.82, 2.24) is 4.98 Å². The lowest BCUT2D eigenvalue weighted by Gasteiger charge is -2.11. The van der Waals surface area contributed by atoms with Crippen molar-refractivity contribution in [3.05, 3.63) is 100 Å². The van der Waals surface area contributed by atoms with E-state index in [2.05, 4.69) is 4.98 Å². The molecule has 4 aromatic rings. The number of fused-ring (bicyclic) bond motifs is 1. The van der Waals surface area contributed by atoms with Crippen LogP contribution in [0.1, 0.15) is 17.2 Å². The Hall–Kier alpha value is -5.28. The topological polar surface area (TPSA) is 139 Å². The predicted molar refractivity (Wildman–Crippen MR) is 125 cm³/mol. The Labute approximate surface area is 199 Å². The van der Waals surface area contributed by atoms with Gasteiger partial charge in [-0.3, -0.25) is 19.9 Å². The minimum absolute atomic E-state index is 0.128. The van der Waals surface area contributed by atoms with Gasteiger partial charge in [-0.15, -0.1) is 0 Å². The highest BCUT2D eigenvalue weighted by Crippen LogP contribution is 2.25. The first-order chi connectivity index (χ1) is 17.0. The van der Waals surface area contributed by atoms with Gasteiger partial charge in [-0.2, -0.15) is 10.5 Å². The van der Waals surface area contributed by atoms with Crippen LogP contribution in [0.2, 0.25) is 0 Å². The fourth-order valence-corrected chi connectivity index (χ4v) is 3.27. The highest BCUT2D eigenvalue weighted by molar-refractivity contribution is 5.90. The molecule has 0 amide bonds. The average molecular weight is 464 g/mol. The van der Waals surface area contributed by atoms with E-state index in [4.69, 9.17) is 14.7 Å². The summed E-state index contributed by atoms with van der Waals surface area (Å²) in [5.74, 6) is -0.166. The molecule has 0 saturated carbocycles. The van der Waals surface area contributed by atoms with Crippen LogP contribution in [0.25, 0.3) is 10.9 Å². The van der Waals surface area contributed by atoms with Crippen molar-refractivity contribution in [1.29, 1.82) is 10.5 Å². The Balaban J connectivity index is 1.40. The zero-order valence-corrected chi connectivity index (χ0v) is 18.1. The summed E-state index contributed by atoms with van der Waals surface area (Å²) >= 11 is 0. The summed E-state index contributed by atoms with van der Waals surface area (Å²) < 4.78 is 11.2. The first-order valence-electron chi connectivity index (χ1n) is 10.3. The molecule has 0 aliphatic carbocycles. The predicted octanol–water partition coefficient (Wildman–Crippen LogP) is 5.06. The molecular weight excluding hydrogens is 448 g/mol. The van der Waals surface area contributed by atoms with E-state index in [1.807, 2.05) is 12.1 Å². The van der Waals surface area contributed by atoms with Gasteiger partial charge in [0.25, 0.3) is 5.69 Å². The molecule has 0 N–H and O–H groups in total. The molecule has 4 rings (SSSR count). The van der Waals surface area contributed by atoms with Crippen molar-refractivity contribution in [2.45, 2.75) is 5.92 Å². The summed E-state index contributed by atoms with van der Waals surface area (Å²) in [5, 5.41) is 30.1. The van der Waals surface area contributed by atoms with Gasteiger partial charge in [-0.05, 0) is 60.7 Å². The van der Waals surface area contributed by atoms with E-state index in [1.165, 1.54) is 12.1 Å². The SMILES string of the molecule is N#Cc1ccc(Oc2ccc(OCC(=O)C(C#N)c3ccc4ccc([N+](=O)[O-])cc4n3)cc2)cc1. The Morgan fingerprint density at radius 1 is 0.943 bits per heavy atom. The zero-order valence-electron chi connectivity index (χ0n) is 18.1. The van der Waals surface area contributed by atoms with Crippen LogP contribution < -0.4 is 9.47 Å². The van der Waals surface area contributed by atoms with E-state index in [0.717, 1.165) is 0 Å². The molecule has 9 nitrogen and oxygen atoms in total. The maximum absolute atomic E-state index is 12.7. The lowest BCUT2D eigenvalue weighted by Crippen LogP contribution is -2.20. The van der Waals surface area contributed by atoms with E-state index in [0.29, 0.717) is 33.7 Å². The maximum atomic E-state index is 12.7. The monoisotopic (exact) mass is 464 g/mol. The molecule has 0 fully saturated rings. The number of carbonyl (C=O) groups is 1. The second-order valence-electron chi connectivity index (χ2n) is 7.40. The lowest BCUT2D eigenvalue weighted by molar-refractivity contribution is -0.384.